The average Bonchev–Trinajstić information content (AvgIpc) is 2.72. The Labute approximate surface area is 166 Å². The van der Waals surface area contributed by atoms with Crippen molar-refractivity contribution in [2.75, 3.05) is 17.3 Å². The summed E-state index contributed by atoms with van der Waals surface area (Å²) in [5.41, 5.74) is 0.437. The fourth-order valence-electron chi connectivity index (χ4n) is 2.99. The lowest BCUT2D eigenvalue weighted by atomic mass is 10.1. The molecule has 152 valence electrons. The zero-order valence-corrected chi connectivity index (χ0v) is 16.1. The molecule has 10 heteroatoms. The summed E-state index contributed by atoms with van der Waals surface area (Å²) >= 11 is 0. The molecule has 0 bridgehead atoms. The van der Waals surface area contributed by atoms with Gasteiger partial charge in [0.05, 0.1) is 12.8 Å². The predicted octanol–water partition coefficient (Wildman–Crippen LogP) is 2.53. The Hall–Kier alpha value is -3.69. The molecule has 0 saturated carbocycles. The van der Waals surface area contributed by atoms with Crippen LogP contribution in [0.4, 0.5) is 17.3 Å². The van der Waals surface area contributed by atoms with Gasteiger partial charge in [-0.2, -0.15) is 0 Å². The molecule has 2 amide bonds. The van der Waals surface area contributed by atoms with Crippen LogP contribution < -0.4 is 19.7 Å². The SMILES string of the molecule is CCC1Oc2ccc([N+](=O)[O-])nc2N(C(C)C(=O)Nc2ccccc2OC)C1=O. The summed E-state index contributed by atoms with van der Waals surface area (Å²) < 4.78 is 10.8. The van der Waals surface area contributed by atoms with Gasteiger partial charge < -0.3 is 24.9 Å². The number of carbonyl (C=O) groups is 2. The first-order valence-corrected chi connectivity index (χ1v) is 8.96. The van der Waals surface area contributed by atoms with Gasteiger partial charge in [-0.25, -0.2) is 0 Å². The zero-order chi connectivity index (χ0) is 21.1. The molecule has 2 aromatic rings. The van der Waals surface area contributed by atoms with Gasteiger partial charge in [0.1, 0.15) is 11.8 Å². The summed E-state index contributed by atoms with van der Waals surface area (Å²) in [5.74, 6) is -0.829. The molecule has 2 atom stereocenters. The molecule has 2 unspecified atom stereocenters. The van der Waals surface area contributed by atoms with Crippen molar-refractivity contribution in [1.29, 1.82) is 0 Å². The number of ether oxygens (including phenoxy) is 2. The zero-order valence-electron chi connectivity index (χ0n) is 16.1. The van der Waals surface area contributed by atoms with Gasteiger partial charge in [-0.05, 0) is 41.5 Å². The number of fused-ring (bicyclic) bond motifs is 1. The fraction of sp³-hybridized carbons (Fsp3) is 0.316. The molecule has 0 fully saturated rings. The minimum Gasteiger partial charge on any atom is -0.495 e. The minimum atomic E-state index is -1.00. The minimum absolute atomic E-state index is 0.0587. The van der Waals surface area contributed by atoms with Crippen LogP contribution in [0.5, 0.6) is 11.5 Å². The monoisotopic (exact) mass is 400 g/mol. The van der Waals surface area contributed by atoms with E-state index in [9.17, 15) is 19.7 Å². The van der Waals surface area contributed by atoms with Crippen LogP contribution in [0.3, 0.4) is 0 Å². The molecule has 1 N–H and O–H groups in total. The highest BCUT2D eigenvalue weighted by Crippen LogP contribution is 2.36. The first kappa shape index (κ1) is 20.1. The normalized spacial score (nSPS) is 16.4. The van der Waals surface area contributed by atoms with Gasteiger partial charge in [0.15, 0.2) is 11.9 Å². The lowest BCUT2D eigenvalue weighted by Crippen LogP contribution is -2.53. The number of amides is 2. The first-order chi connectivity index (χ1) is 13.9. The van der Waals surface area contributed by atoms with E-state index in [4.69, 9.17) is 9.47 Å². The summed E-state index contributed by atoms with van der Waals surface area (Å²) in [7, 11) is 1.48. The molecule has 2 heterocycles. The van der Waals surface area contributed by atoms with Gasteiger partial charge in [0.2, 0.25) is 5.91 Å². The van der Waals surface area contributed by atoms with E-state index >= 15 is 0 Å². The number of para-hydroxylation sites is 2. The van der Waals surface area contributed by atoms with Crippen LogP contribution in [0.2, 0.25) is 0 Å². The number of methoxy groups -OCH3 is 1. The number of nitrogens with zero attached hydrogens (tertiary/aromatic N) is 3. The van der Waals surface area contributed by atoms with Gasteiger partial charge in [0.25, 0.3) is 11.7 Å². The summed E-state index contributed by atoms with van der Waals surface area (Å²) in [6.45, 7) is 3.29. The second-order valence-electron chi connectivity index (χ2n) is 6.34. The van der Waals surface area contributed by atoms with Crippen LogP contribution in [0, 0.1) is 10.1 Å². The number of rotatable bonds is 6. The number of benzene rings is 1. The van der Waals surface area contributed by atoms with Crippen molar-refractivity contribution in [3.63, 3.8) is 0 Å². The van der Waals surface area contributed by atoms with Gasteiger partial charge >= 0.3 is 5.82 Å². The van der Waals surface area contributed by atoms with Gasteiger partial charge in [-0.15, -0.1) is 0 Å². The smallest absolute Gasteiger partial charge is 0.366 e. The van der Waals surface area contributed by atoms with Crippen molar-refractivity contribution in [2.24, 2.45) is 0 Å². The number of carbonyl (C=O) groups excluding carboxylic acids is 2. The lowest BCUT2D eigenvalue weighted by molar-refractivity contribution is -0.389. The lowest BCUT2D eigenvalue weighted by Gasteiger charge is -2.33. The van der Waals surface area contributed by atoms with E-state index in [1.165, 1.54) is 26.2 Å². The van der Waals surface area contributed by atoms with Gasteiger partial charge in [-0.1, -0.05) is 19.1 Å². The molecular formula is C19H20N4O6. The molecule has 0 saturated heterocycles. The number of hydrogen-bond donors (Lipinski definition) is 1. The maximum Gasteiger partial charge on any atom is 0.366 e. The predicted molar refractivity (Wildman–Crippen MR) is 104 cm³/mol. The molecule has 1 aliphatic heterocycles. The van der Waals surface area contributed by atoms with Crippen LogP contribution in [0.1, 0.15) is 20.3 Å². The number of anilines is 2. The maximum absolute atomic E-state index is 12.9. The Morgan fingerprint density at radius 3 is 2.76 bits per heavy atom. The summed E-state index contributed by atoms with van der Waals surface area (Å²) in [5, 5.41) is 13.8. The van der Waals surface area contributed by atoms with Crippen LogP contribution in [0.15, 0.2) is 36.4 Å². The quantitative estimate of drug-likeness (QED) is 0.583. The van der Waals surface area contributed by atoms with E-state index in [0.717, 1.165) is 4.90 Å². The van der Waals surface area contributed by atoms with Crippen molar-refractivity contribution in [3.8, 4) is 11.5 Å². The van der Waals surface area contributed by atoms with Crippen molar-refractivity contribution in [3.05, 3.63) is 46.5 Å². The van der Waals surface area contributed by atoms with Crippen molar-refractivity contribution >= 4 is 29.1 Å². The molecule has 1 aromatic carbocycles. The number of aromatic nitrogens is 1. The Morgan fingerprint density at radius 2 is 2.10 bits per heavy atom. The largest absolute Gasteiger partial charge is 0.495 e. The molecule has 3 rings (SSSR count). The van der Waals surface area contributed by atoms with Gasteiger partial charge in [-0.3, -0.25) is 14.5 Å². The van der Waals surface area contributed by atoms with Crippen LogP contribution in [0.25, 0.3) is 0 Å². The third-order valence-electron chi connectivity index (χ3n) is 4.52. The number of nitro groups is 1. The highest BCUT2D eigenvalue weighted by atomic mass is 16.6. The van der Waals surface area contributed by atoms with Crippen molar-refractivity contribution < 1.29 is 24.0 Å². The van der Waals surface area contributed by atoms with Crippen molar-refractivity contribution in [2.45, 2.75) is 32.4 Å². The van der Waals surface area contributed by atoms with E-state index in [2.05, 4.69) is 10.3 Å². The third-order valence-corrected chi connectivity index (χ3v) is 4.52. The second-order valence-corrected chi connectivity index (χ2v) is 6.34. The highest BCUT2D eigenvalue weighted by Gasteiger charge is 2.42. The Kier molecular flexibility index (Phi) is 5.62. The molecule has 0 aliphatic carbocycles. The molecule has 1 aromatic heterocycles. The van der Waals surface area contributed by atoms with Crippen molar-refractivity contribution in [1.82, 2.24) is 4.98 Å². The number of hydrogen-bond acceptors (Lipinski definition) is 7. The standard InChI is InChI=1S/C19H20N4O6/c1-4-13-19(25)22(17-15(29-13)9-10-16(21-17)23(26)27)11(2)18(24)20-12-7-5-6-8-14(12)28-3/h5-11,13H,4H2,1-3H3,(H,20,24). The summed E-state index contributed by atoms with van der Waals surface area (Å²) in [6, 6.07) is 8.42. The average molecular weight is 400 g/mol. The molecule has 0 spiro atoms. The molecular weight excluding hydrogens is 380 g/mol. The molecule has 29 heavy (non-hydrogen) atoms. The van der Waals surface area contributed by atoms with Crippen LogP contribution in [-0.2, 0) is 9.59 Å². The molecule has 1 aliphatic rings. The Balaban J connectivity index is 1.96. The molecule has 0 radical (unpaired) electrons. The first-order valence-electron chi connectivity index (χ1n) is 8.96. The highest BCUT2D eigenvalue weighted by molar-refractivity contribution is 6.07. The molecule has 10 nitrogen and oxygen atoms in total. The Bertz CT molecular complexity index is 963. The van der Waals surface area contributed by atoms with E-state index in [1.54, 1.807) is 31.2 Å². The van der Waals surface area contributed by atoms with E-state index < -0.39 is 34.7 Å². The fourth-order valence-corrected chi connectivity index (χ4v) is 2.99. The number of pyridine rings is 1. The summed E-state index contributed by atoms with van der Waals surface area (Å²) in [6.07, 6.45) is -0.445. The van der Waals surface area contributed by atoms with E-state index in [0.29, 0.717) is 17.9 Å². The van der Waals surface area contributed by atoms with E-state index in [-0.39, 0.29) is 11.6 Å². The van der Waals surface area contributed by atoms with Gasteiger partial charge in [0, 0.05) is 6.07 Å². The maximum atomic E-state index is 12.9. The summed E-state index contributed by atoms with van der Waals surface area (Å²) in [4.78, 5) is 41.3. The third kappa shape index (κ3) is 3.82. The topological polar surface area (TPSA) is 124 Å². The Morgan fingerprint density at radius 1 is 1.38 bits per heavy atom. The van der Waals surface area contributed by atoms with E-state index in [1.807, 2.05) is 0 Å². The second kappa shape index (κ2) is 8.13. The van der Waals surface area contributed by atoms with Crippen LogP contribution >= 0.6 is 0 Å². The number of nitrogens with one attached hydrogen (secondary N) is 1. The van der Waals surface area contributed by atoms with Crippen LogP contribution in [-0.4, -0.2) is 41.0 Å².